The van der Waals surface area contributed by atoms with Gasteiger partial charge in [-0.3, -0.25) is 19.6 Å². The minimum Gasteiger partial charge on any atom is -0.352 e. The van der Waals surface area contributed by atoms with Crippen LogP contribution in [0.2, 0.25) is 0 Å². The van der Waals surface area contributed by atoms with Crippen LogP contribution in [0.5, 0.6) is 0 Å². The third-order valence-electron chi connectivity index (χ3n) is 4.56. The number of benzene rings is 2. The van der Waals surface area contributed by atoms with Crippen molar-refractivity contribution >= 4 is 28.5 Å². The summed E-state index contributed by atoms with van der Waals surface area (Å²) >= 11 is 0. The number of para-hydroxylation sites is 1. The first-order valence-electron chi connectivity index (χ1n) is 8.37. The normalized spacial score (nSPS) is 17.0. The number of fused-ring (bicyclic) bond motifs is 1. The Hall–Kier alpha value is -3.22. The van der Waals surface area contributed by atoms with Crippen molar-refractivity contribution in [2.24, 2.45) is 5.92 Å². The predicted molar refractivity (Wildman–Crippen MR) is 94.8 cm³/mol. The monoisotopic (exact) mass is 352 g/mol. The molecular formula is C19H17FN4O2. The topological polar surface area (TPSA) is 78.1 Å². The van der Waals surface area contributed by atoms with Gasteiger partial charge < -0.3 is 5.32 Å². The summed E-state index contributed by atoms with van der Waals surface area (Å²) in [5.41, 5.74) is 1.52. The number of nitrogens with zero attached hydrogens (tertiary/aromatic N) is 2. The van der Waals surface area contributed by atoms with Gasteiger partial charge in [0.1, 0.15) is 5.82 Å². The molecule has 2 amide bonds. The molecule has 1 atom stereocenters. The van der Waals surface area contributed by atoms with Gasteiger partial charge in [-0.25, -0.2) is 4.39 Å². The van der Waals surface area contributed by atoms with E-state index < -0.39 is 5.92 Å². The molecule has 1 aliphatic heterocycles. The van der Waals surface area contributed by atoms with E-state index in [-0.39, 0.29) is 37.1 Å². The molecule has 26 heavy (non-hydrogen) atoms. The van der Waals surface area contributed by atoms with Crippen molar-refractivity contribution in [1.82, 2.24) is 15.5 Å². The Labute approximate surface area is 149 Å². The maximum Gasteiger partial charge on any atom is 0.229 e. The molecule has 2 aromatic carbocycles. The first-order chi connectivity index (χ1) is 12.6. The van der Waals surface area contributed by atoms with E-state index in [2.05, 4.69) is 15.5 Å². The second-order valence-corrected chi connectivity index (χ2v) is 6.35. The lowest BCUT2D eigenvalue weighted by atomic mass is 10.1. The first-order valence-corrected chi connectivity index (χ1v) is 8.37. The minimum absolute atomic E-state index is 0.131. The van der Waals surface area contributed by atoms with Crippen molar-refractivity contribution in [3.05, 3.63) is 59.9 Å². The average Bonchev–Trinajstić information content (AvgIpc) is 3.23. The largest absolute Gasteiger partial charge is 0.352 e. The molecular weight excluding hydrogens is 335 g/mol. The molecule has 0 saturated carbocycles. The van der Waals surface area contributed by atoms with E-state index in [9.17, 15) is 14.0 Å². The quantitative estimate of drug-likeness (QED) is 0.757. The minimum atomic E-state index is -0.452. The van der Waals surface area contributed by atoms with E-state index >= 15 is 0 Å². The summed E-state index contributed by atoms with van der Waals surface area (Å²) < 4.78 is 13.2. The van der Waals surface area contributed by atoms with Crippen molar-refractivity contribution in [1.29, 1.82) is 0 Å². The number of hydrogen-bond acceptors (Lipinski definition) is 3. The second kappa shape index (κ2) is 6.59. The SMILES string of the molecule is O=C(NCc1cccc(F)c1)[C@@H]1CC(=O)N(c2n[nH]c3ccccc23)C1. The molecule has 0 bridgehead atoms. The number of anilines is 1. The summed E-state index contributed by atoms with van der Waals surface area (Å²) in [4.78, 5) is 26.4. The van der Waals surface area contributed by atoms with Gasteiger partial charge >= 0.3 is 0 Å². The smallest absolute Gasteiger partial charge is 0.229 e. The Kier molecular flexibility index (Phi) is 4.12. The van der Waals surface area contributed by atoms with Crippen LogP contribution in [-0.2, 0) is 16.1 Å². The third-order valence-corrected chi connectivity index (χ3v) is 4.56. The number of nitrogens with one attached hydrogen (secondary N) is 2. The lowest BCUT2D eigenvalue weighted by molar-refractivity contribution is -0.126. The van der Waals surface area contributed by atoms with Crippen molar-refractivity contribution in [3.63, 3.8) is 0 Å². The van der Waals surface area contributed by atoms with E-state index in [1.807, 2.05) is 24.3 Å². The predicted octanol–water partition coefficient (Wildman–Crippen LogP) is 2.37. The molecule has 4 rings (SSSR count). The number of hydrogen-bond donors (Lipinski definition) is 2. The van der Waals surface area contributed by atoms with Gasteiger partial charge in [-0.2, -0.15) is 5.10 Å². The van der Waals surface area contributed by atoms with Crippen LogP contribution in [0.4, 0.5) is 10.2 Å². The molecule has 1 saturated heterocycles. The van der Waals surface area contributed by atoms with Crippen molar-refractivity contribution in [3.8, 4) is 0 Å². The van der Waals surface area contributed by atoms with E-state index in [4.69, 9.17) is 0 Å². The number of H-pyrrole nitrogens is 1. The highest BCUT2D eigenvalue weighted by atomic mass is 19.1. The van der Waals surface area contributed by atoms with Crippen LogP contribution in [0.3, 0.4) is 0 Å². The molecule has 7 heteroatoms. The van der Waals surface area contributed by atoms with Crippen LogP contribution in [0.25, 0.3) is 10.9 Å². The number of aromatic nitrogens is 2. The van der Waals surface area contributed by atoms with Gasteiger partial charge in [0.15, 0.2) is 5.82 Å². The Morgan fingerprint density at radius 2 is 2.12 bits per heavy atom. The molecule has 2 N–H and O–H groups in total. The fourth-order valence-electron chi connectivity index (χ4n) is 3.22. The number of carbonyl (C=O) groups excluding carboxylic acids is 2. The van der Waals surface area contributed by atoms with Gasteiger partial charge in [-0.1, -0.05) is 24.3 Å². The zero-order chi connectivity index (χ0) is 18.1. The van der Waals surface area contributed by atoms with E-state index in [1.54, 1.807) is 17.0 Å². The molecule has 0 radical (unpaired) electrons. The molecule has 1 fully saturated rings. The fraction of sp³-hybridized carbons (Fsp3) is 0.211. The lowest BCUT2D eigenvalue weighted by Gasteiger charge is -2.14. The molecule has 6 nitrogen and oxygen atoms in total. The van der Waals surface area contributed by atoms with Gasteiger partial charge in [-0.05, 0) is 29.8 Å². The van der Waals surface area contributed by atoms with Crippen LogP contribution in [0.1, 0.15) is 12.0 Å². The molecule has 2 heterocycles. The Morgan fingerprint density at radius 3 is 2.96 bits per heavy atom. The van der Waals surface area contributed by atoms with Gasteiger partial charge in [0.25, 0.3) is 0 Å². The summed E-state index contributed by atoms with van der Waals surface area (Å²) in [6, 6.07) is 13.6. The van der Waals surface area contributed by atoms with Crippen LogP contribution in [0, 0.1) is 11.7 Å². The van der Waals surface area contributed by atoms with E-state index in [0.717, 1.165) is 10.9 Å². The van der Waals surface area contributed by atoms with Crippen molar-refractivity contribution < 1.29 is 14.0 Å². The number of aromatic amines is 1. The highest BCUT2D eigenvalue weighted by Crippen LogP contribution is 2.29. The summed E-state index contributed by atoms with van der Waals surface area (Å²) in [6.07, 6.45) is 0.135. The van der Waals surface area contributed by atoms with Crippen molar-refractivity contribution in [2.45, 2.75) is 13.0 Å². The fourth-order valence-corrected chi connectivity index (χ4v) is 3.22. The number of carbonyl (C=O) groups is 2. The third kappa shape index (κ3) is 3.03. The molecule has 0 spiro atoms. The van der Waals surface area contributed by atoms with E-state index in [1.165, 1.54) is 12.1 Å². The molecule has 0 aliphatic carbocycles. The molecule has 1 aromatic heterocycles. The van der Waals surface area contributed by atoms with Gasteiger partial charge in [0.05, 0.1) is 11.4 Å². The highest BCUT2D eigenvalue weighted by molar-refractivity contribution is 6.05. The van der Waals surface area contributed by atoms with Gasteiger partial charge in [0.2, 0.25) is 11.8 Å². The summed E-state index contributed by atoms with van der Waals surface area (Å²) in [7, 11) is 0. The molecule has 1 aliphatic rings. The Bertz CT molecular complexity index is 984. The highest BCUT2D eigenvalue weighted by Gasteiger charge is 2.36. The molecule has 0 unspecified atom stereocenters. The van der Waals surface area contributed by atoms with Crippen molar-refractivity contribution in [2.75, 3.05) is 11.4 Å². The molecule has 132 valence electrons. The zero-order valence-corrected chi connectivity index (χ0v) is 13.9. The van der Waals surface area contributed by atoms with Gasteiger partial charge in [0, 0.05) is 24.9 Å². The standard InChI is InChI=1S/C19H17FN4O2/c20-14-5-3-4-12(8-14)10-21-19(26)13-9-17(25)24(11-13)18-15-6-1-2-7-16(15)22-23-18/h1-8,13H,9-11H2,(H,21,26)(H,22,23)/t13-/m1/s1. The molecule has 3 aromatic rings. The second-order valence-electron chi connectivity index (χ2n) is 6.35. The zero-order valence-electron chi connectivity index (χ0n) is 13.9. The summed E-state index contributed by atoms with van der Waals surface area (Å²) in [5.74, 6) is -0.597. The lowest BCUT2D eigenvalue weighted by Crippen LogP contribution is -2.32. The van der Waals surface area contributed by atoms with E-state index in [0.29, 0.717) is 11.4 Å². The van der Waals surface area contributed by atoms with Gasteiger partial charge in [-0.15, -0.1) is 0 Å². The number of halogens is 1. The Balaban J connectivity index is 1.45. The number of rotatable bonds is 4. The first kappa shape index (κ1) is 16.3. The van der Waals surface area contributed by atoms with Crippen LogP contribution in [-0.4, -0.2) is 28.6 Å². The number of amides is 2. The summed E-state index contributed by atoms with van der Waals surface area (Å²) in [5, 5.41) is 10.8. The maximum absolute atomic E-state index is 13.2. The Morgan fingerprint density at radius 1 is 1.27 bits per heavy atom. The summed E-state index contributed by atoms with van der Waals surface area (Å²) in [6.45, 7) is 0.509. The average molecular weight is 352 g/mol. The van der Waals surface area contributed by atoms with Crippen LogP contribution >= 0.6 is 0 Å². The van der Waals surface area contributed by atoms with Crippen LogP contribution in [0.15, 0.2) is 48.5 Å². The maximum atomic E-state index is 13.2. The van der Waals surface area contributed by atoms with Crippen LogP contribution < -0.4 is 10.2 Å².